The van der Waals surface area contributed by atoms with E-state index in [2.05, 4.69) is 5.32 Å². The highest BCUT2D eigenvalue weighted by Crippen LogP contribution is 2.21. The van der Waals surface area contributed by atoms with Gasteiger partial charge in [0.2, 0.25) is 5.91 Å². The van der Waals surface area contributed by atoms with Crippen molar-refractivity contribution in [2.45, 2.75) is 25.6 Å². The summed E-state index contributed by atoms with van der Waals surface area (Å²) in [7, 11) is 0. The Labute approximate surface area is 106 Å². The van der Waals surface area contributed by atoms with E-state index in [0.29, 0.717) is 12.0 Å². The minimum absolute atomic E-state index is 0.00996. The van der Waals surface area contributed by atoms with E-state index >= 15 is 0 Å². The van der Waals surface area contributed by atoms with E-state index in [1.54, 1.807) is 24.3 Å². The topological polar surface area (TPSA) is 89.8 Å². The molecule has 1 aromatic rings. The first kappa shape index (κ1) is 14.6. The Balaban J connectivity index is 2.75. The van der Waals surface area contributed by atoms with Crippen LogP contribution in [0.2, 0.25) is 0 Å². The van der Waals surface area contributed by atoms with Gasteiger partial charge in [-0.05, 0) is 17.5 Å². The largest absolute Gasteiger partial charge is 0.396 e. The average molecular weight is 253 g/mol. The second-order valence-electron chi connectivity index (χ2n) is 4.12. The third-order valence-corrected chi connectivity index (χ3v) is 2.68. The summed E-state index contributed by atoms with van der Waals surface area (Å²) in [4.78, 5) is 10.7. The number of hydrogen-bond acceptors (Lipinski definition) is 4. The first-order valence-electron chi connectivity index (χ1n) is 5.85. The normalized spacial score (nSPS) is 14.0. The molecule has 0 heterocycles. The summed E-state index contributed by atoms with van der Waals surface area (Å²) in [6, 6.07) is 7.05. The highest BCUT2D eigenvalue weighted by atomic mass is 16.3. The zero-order valence-electron chi connectivity index (χ0n) is 10.3. The molecule has 1 aromatic carbocycles. The predicted octanol–water partition coefficient (Wildman–Crippen LogP) is -0.248. The van der Waals surface area contributed by atoms with Crippen molar-refractivity contribution in [2.24, 2.45) is 0 Å². The van der Waals surface area contributed by atoms with Crippen molar-refractivity contribution in [3.63, 3.8) is 0 Å². The fourth-order valence-corrected chi connectivity index (χ4v) is 1.74. The Hall–Kier alpha value is -1.43. The number of rotatable bonds is 6. The number of aliphatic hydroxyl groups is 3. The minimum Gasteiger partial charge on any atom is -0.396 e. The average Bonchev–Trinajstić information content (AvgIpc) is 2.36. The van der Waals surface area contributed by atoms with Gasteiger partial charge in [0, 0.05) is 20.1 Å². The monoisotopic (exact) mass is 253 g/mol. The molecule has 18 heavy (non-hydrogen) atoms. The van der Waals surface area contributed by atoms with Crippen LogP contribution in [-0.2, 0) is 11.2 Å². The Morgan fingerprint density at radius 3 is 2.61 bits per heavy atom. The van der Waals surface area contributed by atoms with Gasteiger partial charge in [-0.15, -0.1) is 0 Å². The van der Waals surface area contributed by atoms with Crippen molar-refractivity contribution < 1.29 is 20.1 Å². The number of nitrogens with one attached hydrogen (secondary N) is 1. The van der Waals surface area contributed by atoms with Gasteiger partial charge in [0.15, 0.2) is 0 Å². The summed E-state index contributed by atoms with van der Waals surface area (Å²) in [6.45, 7) is 1.31. The number of carbonyl (C=O) groups excluding carboxylic acids is 1. The molecule has 5 heteroatoms. The van der Waals surface area contributed by atoms with Gasteiger partial charge >= 0.3 is 0 Å². The zero-order chi connectivity index (χ0) is 13.5. The molecule has 1 rings (SSSR count). The number of aliphatic hydroxyl groups excluding tert-OH is 3. The van der Waals surface area contributed by atoms with E-state index in [9.17, 15) is 15.0 Å². The smallest absolute Gasteiger partial charge is 0.216 e. The van der Waals surface area contributed by atoms with Crippen LogP contribution in [0.3, 0.4) is 0 Å². The Kier molecular flexibility index (Phi) is 5.77. The SMILES string of the molecule is CC(=O)NCC(O)C(O)c1ccccc1CCO. The molecule has 0 aliphatic carbocycles. The van der Waals surface area contributed by atoms with Crippen molar-refractivity contribution in [3.8, 4) is 0 Å². The van der Waals surface area contributed by atoms with Gasteiger partial charge in [0.25, 0.3) is 0 Å². The van der Waals surface area contributed by atoms with Crippen molar-refractivity contribution in [3.05, 3.63) is 35.4 Å². The standard InChI is InChI=1S/C13H19NO4/c1-9(16)14-8-12(17)13(18)11-5-3-2-4-10(11)6-7-15/h2-5,12-13,15,17-18H,6-8H2,1H3,(H,14,16). The molecule has 1 amide bonds. The van der Waals surface area contributed by atoms with E-state index in [4.69, 9.17) is 5.11 Å². The summed E-state index contributed by atoms with van der Waals surface area (Å²) in [5.74, 6) is -0.259. The molecule has 2 atom stereocenters. The van der Waals surface area contributed by atoms with Crippen LogP contribution in [0.15, 0.2) is 24.3 Å². The molecule has 0 saturated heterocycles. The van der Waals surface area contributed by atoms with Gasteiger partial charge in [-0.2, -0.15) is 0 Å². The first-order chi connectivity index (χ1) is 8.56. The van der Waals surface area contributed by atoms with E-state index in [-0.39, 0.29) is 19.1 Å². The van der Waals surface area contributed by atoms with Crippen LogP contribution in [0, 0.1) is 0 Å². The number of hydrogen-bond donors (Lipinski definition) is 4. The molecule has 100 valence electrons. The van der Waals surface area contributed by atoms with Crippen LogP contribution in [0.4, 0.5) is 0 Å². The number of carbonyl (C=O) groups is 1. The maximum Gasteiger partial charge on any atom is 0.216 e. The summed E-state index contributed by atoms with van der Waals surface area (Å²) in [5, 5.41) is 31.2. The Morgan fingerprint density at radius 1 is 1.33 bits per heavy atom. The van der Waals surface area contributed by atoms with E-state index in [1.807, 2.05) is 0 Å². The summed E-state index contributed by atoms with van der Waals surface area (Å²) in [6.07, 6.45) is -1.74. The summed E-state index contributed by atoms with van der Waals surface area (Å²) < 4.78 is 0. The van der Waals surface area contributed by atoms with Gasteiger partial charge in [0.05, 0.1) is 0 Å². The zero-order valence-corrected chi connectivity index (χ0v) is 10.3. The molecule has 5 nitrogen and oxygen atoms in total. The second kappa shape index (κ2) is 7.10. The van der Waals surface area contributed by atoms with Crippen LogP contribution < -0.4 is 5.32 Å². The fraction of sp³-hybridized carbons (Fsp3) is 0.462. The molecular formula is C13H19NO4. The molecule has 0 bridgehead atoms. The highest BCUT2D eigenvalue weighted by molar-refractivity contribution is 5.72. The Bertz CT molecular complexity index is 394. The summed E-state index contributed by atoms with van der Waals surface area (Å²) in [5.41, 5.74) is 1.36. The molecule has 0 radical (unpaired) electrons. The lowest BCUT2D eigenvalue weighted by Gasteiger charge is -2.20. The van der Waals surface area contributed by atoms with Gasteiger partial charge in [-0.3, -0.25) is 4.79 Å². The quantitative estimate of drug-likeness (QED) is 0.563. The van der Waals surface area contributed by atoms with E-state index < -0.39 is 12.2 Å². The molecule has 4 N–H and O–H groups in total. The molecule has 0 saturated carbocycles. The lowest BCUT2D eigenvalue weighted by Crippen LogP contribution is -2.34. The third-order valence-electron chi connectivity index (χ3n) is 2.68. The van der Waals surface area contributed by atoms with Gasteiger partial charge in [-0.25, -0.2) is 0 Å². The van der Waals surface area contributed by atoms with Gasteiger partial charge in [-0.1, -0.05) is 24.3 Å². The molecule has 0 fully saturated rings. The van der Waals surface area contributed by atoms with Crippen LogP contribution >= 0.6 is 0 Å². The second-order valence-corrected chi connectivity index (χ2v) is 4.12. The number of benzene rings is 1. The summed E-state index contributed by atoms with van der Waals surface area (Å²) >= 11 is 0. The molecule has 0 spiro atoms. The molecule has 0 aliphatic rings. The molecule has 2 unspecified atom stereocenters. The third kappa shape index (κ3) is 4.10. The van der Waals surface area contributed by atoms with Crippen molar-refractivity contribution in [1.29, 1.82) is 0 Å². The number of amides is 1. The first-order valence-corrected chi connectivity index (χ1v) is 5.85. The molecule has 0 aromatic heterocycles. The minimum atomic E-state index is -1.08. The predicted molar refractivity (Wildman–Crippen MR) is 66.9 cm³/mol. The van der Waals surface area contributed by atoms with Crippen LogP contribution in [0.25, 0.3) is 0 Å². The fourth-order valence-electron chi connectivity index (χ4n) is 1.74. The van der Waals surface area contributed by atoms with Gasteiger partial charge in [0.1, 0.15) is 12.2 Å². The highest BCUT2D eigenvalue weighted by Gasteiger charge is 2.20. The van der Waals surface area contributed by atoms with E-state index in [1.165, 1.54) is 6.92 Å². The lowest BCUT2D eigenvalue weighted by atomic mass is 9.97. The van der Waals surface area contributed by atoms with Crippen LogP contribution in [0.5, 0.6) is 0 Å². The van der Waals surface area contributed by atoms with Crippen LogP contribution in [0.1, 0.15) is 24.2 Å². The van der Waals surface area contributed by atoms with Crippen LogP contribution in [-0.4, -0.2) is 40.5 Å². The van der Waals surface area contributed by atoms with Gasteiger partial charge < -0.3 is 20.6 Å². The molecular weight excluding hydrogens is 234 g/mol. The molecule has 0 aliphatic heterocycles. The van der Waals surface area contributed by atoms with Crippen molar-refractivity contribution in [2.75, 3.05) is 13.2 Å². The van der Waals surface area contributed by atoms with E-state index in [0.717, 1.165) is 5.56 Å². The maximum atomic E-state index is 10.7. The lowest BCUT2D eigenvalue weighted by molar-refractivity contribution is -0.119. The van der Waals surface area contributed by atoms with Crippen molar-refractivity contribution >= 4 is 5.91 Å². The van der Waals surface area contributed by atoms with Crippen molar-refractivity contribution in [1.82, 2.24) is 5.32 Å². The Morgan fingerprint density at radius 2 is 2.00 bits per heavy atom. The maximum absolute atomic E-state index is 10.7.